The summed E-state index contributed by atoms with van der Waals surface area (Å²) < 4.78 is 0. The molecule has 74 valence electrons. The molecule has 1 rings (SSSR count). The molecule has 6 nitrogen and oxygen atoms in total. The molecule has 0 aliphatic carbocycles. The number of aromatic nitrogens is 1. The predicted molar refractivity (Wildman–Crippen MR) is 43.6 cm³/mol. The highest BCUT2D eigenvalue weighted by Crippen LogP contribution is 2.02. The van der Waals surface area contributed by atoms with Crippen LogP contribution in [0.25, 0.3) is 0 Å². The molecule has 0 unspecified atom stereocenters. The molecule has 0 atom stereocenters. The number of nitrogens with zero attached hydrogens (tertiary/aromatic N) is 1. The van der Waals surface area contributed by atoms with Crippen LogP contribution in [0.5, 0.6) is 0 Å². The van der Waals surface area contributed by atoms with Crippen molar-refractivity contribution in [2.24, 2.45) is 0 Å². The molecule has 0 saturated carbocycles. The summed E-state index contributed by atoms with van der Waals surface area (Å²) >= 11 is 0. The van der Waals surface area contributed by atoms with Crippen molar-refractivity contribution >= 4 is 11.9 Å². The first-order chi connectivity index (χ1) is 6.65. The van der Waals surface area contributed by atoms with E-state index < -0.39 is 11.9 Å². The Morgan fingerprint density at radius 2 is 2.14 bits per heavy atom. The van der Waals surface area contributed by atoms with Crippen molar-refractivity contribution in [3.8, 4) is 0 Å². The number of aromatic carboxylic acids is 1. The summed E-state index contributed by atoms with van der Waals surface area (Å²) in [5.74, 6) is -1.88. The fourth-order valence-corrected chi connectivity index (χ4v) is 0.765. The number of rotatable bonds is 3. The third-order valence-corrected chi connectivity index (χ3v) is 1.38. The molecule has 0 spiro atoms. The smallest absolute Gasteiger partial charge is 0.374 e. The molecule has 14 heavy (non-hydrogen) atoms. The molecule has 0 aliphatic heterocycles. The van der Waals surface area contributed by atoms with Crippen molar-refractivity contribution < 1.29 is 24.5 Å². The minimum absolute atomic E-state index is 0.122. The molecule has 0 radical (unpaired) electrons. The van der Waals surface area contributed by atoms with E-state index in [1.165, 1.54) is 19.2 Å². The molecular formula is C8H7NO5. The molecule has 1 N–H and O–H groups in total. The molecule has 0 aromatic carbocycles. The van der Waals surface area contributed by atoms with Gasteiger partial charge in [-0.2, -0.15) is 4.89 Å². The Bertz CT molecular complexity index is 345. The maximum absolute atomic E-state index is 11.0. The molecule has 0 amide bonds. The molecule has 6 heteroatoms. The highest BCUT2D eigenvalue weighted by atomic mass is 17.2. The van der Waals surface area contributed by atoms with Gasteiger partial charge in [-0.1, -0.05) is 0 Å². The van der Waals surface area contributed by atoms with Crippen LogP contribution in [0.4, 0.5) is 0 Å². The molecule has 1 heterocycles. The van der Waals surface area contributed by atoms with E-state index >= 15 is 0 Å². The third kappa shape index (κ3) is 2.27. The lowest BCUT2D eigenvalue weighted by Crippen LogP contribution is -2.06. The summed E-state index contributed by atoms with van der Waals surface area (Å²) in [7, 11) is 1.19. The second-order valence-electron chi connectivity index (χ2n) is 2.27. The lowest BCUT2D eigenvalue weighted by atomic mass is 10.2. The fraction of sp³-hybridized carbons (Fsp3) is 0.125. The summed E-state index contributed by atoms with van der Waals surface area (Å²) in [6.45, 7) is 0. The van der Waals surface area contributed by atoms with Crippen LogP contribution in [0.3, 0.4) is 0 Å². The van der Waals surface area contributed by atoms with Gasteiger partial charge in [0.25, 0.3) is 0 Å². The van der Waals surface area contributed by atoms with Gasteiger partial charge >= 0.3 is 11.9 Å². The summed E-state index contributed by atoms with van der Waals surface area (Å²) in [5.41, 5.74) is -0.0178. The largest absolute Gasteiger partial charge is 0.477 e. The van der Waals surface area contributed by atoms with E-state index in [2.05, 4.69) is 14.8 Å². The SMILES string of the molecule is COOC(=O)c1ccc(C(=O)O)nc1. The van der Waals surface area contributed by atoms with Crippen molar-refractivity contribution in [3.63, 3.8) is 0 Å². The number of carbonyl (C=O) groups is 2. The van der Waals surface area contributed by atoms with Crippen LogP contribution in [-0.4, -0.2) is 29.1 Å². The van der Waals surface area contributed by atoms with Gasteiger partial charge in [-0.25, -0.2) is 14.6 Å². The highest BCUT2D eigenvalue weighted by Gasteiger charge is 2.10. The summed E-state index contributed by atoms with van der Waals surface area (Å²) in [5, 5.41) is 8.51. The minimum atomic E-state index is -1.16. The van der Waals surface area contributed by atoms with E-state index in [9.17, 15) is 9.59 Å². The number of pyridine rings is 1. The summed E-state index contributed by atoms with van der Waals surface area (Å²) in [4.78, 5) is 33.3. The first kappa shape index (κ1) is 10.1. The van der Waals surface area contributed by atoms with E-state index in [0.29, 0.717) is 0 Å². The first-order valence-corrected chi connectivity index (χ1v) is 3.59. The zero-order chi connectivity index (χ0) is 10.6. The van der Waals surface area contributed by atoms with Gasteiger partial charge in [-0.3, -0.25) is 4.89 Å². The van der Waals surface area contributed by atoms with Crippen LogP contribution in [0.15, 0.2) is 18.3 Å². The highest BCUT2D eigenvalue weighted by molar-refractivity contribution is 5.90. The van der Waals surface area contributed by atoms with E-state index in [-0.39, 0.29) is 11.3 Å². The van der Waals surface area contributed by atoms with Crippen molar-refractivity contribution in [3.05, 3.63) is 29.6 Å². The summed E-state index contributed by atoms with van der Waals surface area (Å²) in [6.07, 6.45) is 1.10. The van der Waals surface area contributed by atoms with E-state index in [1.54, 1.807) is 0 Å². The lowest BCUT2D eigenvalue weighted by molar-refractivity contribution is -0.216. The monoisotopic (exact) mass is 197 g/mol. The lowest BCUT2D eigenvalue weighted by Gasteiger charge is -1.99. The van der Waals surface area contributed by atoms with Crippen LogP contribution < -0.4 is 0 Å². The van der Waals surface area contributed by atoms with Gasteiger partial charge in [0.05, 0.1) is 12.7 Å². The third-order valence-electron chi connectivity index (χ3n) is 1.38. The maximum Gasteiger partial charge on any atom is 0.374 e. The number of carbonyl (C=O) groups excluding carboxylic acids is 1. The molecule has 1 aromatic rings. The van der Waals surface area contributed by atoms with Gasteiger partial charge in [0, 0.05) is 6.20 Å². The number of hydrogen-bond donors (Lipinski definition) is 1. The van der Waals surface area contributed by atoms with Crippen LogP contribution in [0.2, 0.25) is 0 Å². The fourth-order valence-electron chi connectivity index (χ4n) is 0.765. The normalized spacial score (nSPS) is 9.50. The second-order valence-corrected chi connectivity index (χ2v) is 2.27. The van der Waals surface area contributed by atoms with Gasteiger partial charge in [0.1, 0.15) is 5.69 Å². The Kier molecular flexibility index (Phi) is 3.14. The van der Waals surface area contributed by atoms with Gasteiger partial charge in [0.15, 0.2) is 0 Å². The van der Waals surface area contributed by atoms with Gasteiger partial charge in [-0.15, -0.1) is 0 Å². The van der Waals surface area contributed by atoms with Crippen LogP contribution in [0.1, 0.15) is 20.8 Å². The Hall–Kier alpha value is -1.95. The topological polar surface area (TPSA) is 85.7 Å². The molecule has 0 saturated heterocycles. The van der Waals surface area contributed by atoms with Crippen molar-refractivity contribution in [2.45, 2.75) is 0 Å². The first-order valence-electron chi connectivity index (χ1n) is 3.59. The minimum Gasteiger partial charge on any atom is -0.477 e. The molecule has 0 fully saturated rings. The second kappa shape index (κ2) is 4.33. The average molecular weight is 197 g/mol. The van der Waals surface area contributed by atoms with E-state index in [4.69, 9.17) is 5.11 Å². The van der Waals surface area contributed by atoms with Crippen molar-refractivity contribution in [1.29, 1.82) is 0 Å². The number of carboxylic acid groups (broad SMARTS) is 1. The zero-order valence-corrected chi connectivity index (χ0v) is 7.26. The molecular weight excluding hydrogens is 190 g/mol. The van der Waals surface area contributed by atoms with Crippen molar-refractivity contribution in [2.75, 3.05) is 7.11 Å². The Morgan fingerprint density at radius 3 is 2.57 bits per heavy atom. The Labute approximate surface area is 79.0 Å². The molecule has 1 aromatic heterocycles. The zero-order valence-electron chi connectivity index (χ0n) is 7.26. The van der Waals surface area contributed by atoms with Gasteiger partial charge in [-0.05, 0) is 12.1 Å². The van der Waals surface area contributed by atoms with Gasteiger partial charge in [0.2, 0.25) is 0 Å². The Morgan fingerprint density at radius 1 is 1.43 bits per heavy atom. The van der Waals surface area contributed by atoms with E-state index in [0.717, 1.165) is 6.20 Å². The average Bonchev–Trinajstić information content (AvgIpc) is 2.18. The Balaban J connectivity index is 2.83. The standard InChI is InChI=1S/C8H7NO5/c1-13-14-8(12)5-2-3-6(7(10)11)9-4-5/h2-4H,1H3,(H,10,11). The quantitative estimate of drug-likeness (QED) is 0.560. The van der Waals surface area contributed by atoms with Crippen LogP contribution in [-0.2, 0) is 9.78 Å². The van der Waals surface area contributed by atoms with E-state index in [1.807, 2.05) is 0 Å². The number of carboxylic acids is 1. The predicted octanol–water partition coefficient (Wildman–Crippen LogP) is 0.498. The van der Waals surface area contributed by atoms with Crippen molar-refractivity contribution in [1.82, 2.24) is 4.98 Å². The van der Waals surface area contributed by atoms with Crippen LogP contribution >= 0.6 is 0 Å². The van der Waals surface area contributed by atoms with Crippen LogP contribution in [0, 0.1) is 0 Å². The maximum atomic E-state index is 11.0. The van der Waals surface area contributed by atoms with Gasteiger partial charge < -0.3 is 5.11 Å². The molecule has 0 bridgehead atoms. The molecule has 0 aliphatic rings. The number of hydrogen-bond acceptors (Lipinski definition) is 5. The summed E-state index contributed by atoms with van der Waals surface area (Å²) in [6, 6.07) is 2.49.